The van der Waals surface area contributed by atoms with Crippen LogP contribution in [0.5, 0.6) is 0 Å². The van der Waals surface area contributed by atoms with Gasteiger partial charge >= 0.3 is 16.5 Å². The summed E-state index contributed by atoms with van der Waals surface area (Å²) in [5, 5.41) is 29.2. The molecule has 0 amide bonds. The third kappa shape index (κ3) is 6.11. The number of para-hydroxylation sites is 1. The molecule has 16 heteroatoms. The molecule has 4 atom stereocenters. The molecule has 0 aliphatic heterocycles. The lowest BCUT2D eigenvalue weighted by molar-refractivity contribution is -0.153. The molecule has 0 radical (unpaired) electrons. The molecule has 0 saturated heterocycles. The fourth-order valence-corrected chi connectivity index (χ4v) is 5.25. The number of aromatic nitrogens is 3. The molecule has 1 aliphatic rings. The quantitative estimate of drug-likeness (QED) is 0.209. The van der Waals surface area contributed by atoms with Gasteiger partial charge in [0, 0.05) is 34.8 Å². The molecule has 1 fully saturated rings. The van der Waals surface area contributed by atoms with Crippen molar-refractivity contribution in [3.63, 3.8) is 0 Å². The number of hydrogen-bond acceptors (Lipinski definition) is 10. The number of alkyl halides is 3. The van der Waals surface area contributed by atoms with Gasteiger partial charge in [-0.2, -0.15) is 21.6 Å². The number of carbonyl (C=O) groups is 1. The zero-order valence-corrected chi connectivity index (χ0v) is 21.8. The Balaban J connectivity index is 1.41. The number of nitrogens with two attached hydrogens (primary N) is 1. The highest BCUT2D eigenvalue weighted by molar-refractivity contribution is 7.84. The van der Waals surface area contributed by atoms with Crippen molar-refractivity contribution in [2.24, 2.45) is 11.1 Å². The predicted molar refractivity (Wildman–Crippen MR) is 137 cm³/mol. The molecule has 0 unspecified atom stereocenters. The van der Waals surface area contributed by atoms with E-state index in [1.807, 2.05) is 0 Å². The van der Waals surface area contributed by atoms with Crippen LogP contribution in [0.2, 0.25) is 0 Å². The monoisotopic (exact) mass is 595 g/mol. The minimum Gasteiger partial charge on any atom is -0.455 e. The fraction of sp³-hybridized carbons (Fsp3) is 0.320. The van der Waals surface area contributed by atoms with E-state index in [1.54, 1.807) is 28.8 Å². The molecule has 12 nitrogen and oxygen atoms in total. The van der Waals surface area contributed by atoms with E-state index < -0.39 is 58.8 Å². The molecule has 3 heterocycles. The van der Waals surface area contributed by atoms with Crippen molar-refractivity contribution in [2.45, 2.75) is 37.4 Å². The summed E-state index contributed by atoms with van der Waals surface area (Å²) < 4.78 is 72.4. The Morgan fingerprint density at radius 2 is 1.93 bits per heavy atom. The molecular formula is C25H24F3N5O7S. The average Bonchev–Trinajstić information content (AvgIpc) is 3.61. The van der Waals surface area contributed by atoms with Crippen LogP contribution in [-0.4, -0.2) is 63.8 Å². The fourth-order valence-electron chi connectivity index (χ4n) is 4.89. The summed E-state index contributed by atoms with van der Waals surface area (Å²) >= 11 is 0. The zero-order chi connectivity index (χ0) is 29.5. The van der Waals surface area contributed by atoms with Gasteiger partial charge in [-0.25, -0.2) is 15.1 Å². The first-order chi connectivity index (χ1) is 19.3. The standard InChI is InChI=1S/C25H24F3N5O7S/c26-25(27,28)20-6-5-14(40-20)9-33-10-17(15-3-1-2-4-19(15)33)22(35)16-8-30-12-31-24(16)32-18-7-13(21(34)23(18)36)11-39-41(29,37)38/h1-6,8,10,12-13,18,21,23,34,36H,7,9,11H2,(H2,29,37,38)(H,30,31,32)/t13-,18-,21-,23+/m1/s1. The average molecular weight is 596 g/mol. The number of rotatable bonds is 9. The van der Waals surface area contributed by atoms with Gasteiger partial charge in [0.2, 0.25) is 5.76 Å². The molecule has 218 valence electrons. The van der Waals surface area contributed by atoms with E-state index in [9.17, 15) is 36.6 Å². The van der Waals surface area contributed by atoms with Crippen molar-refractivity contribution in [1.82, 2.24) is 14.5 Å². The van der Waals surface area contributed by atoms with Gasteiger partial charge in [-0.15, -0.1) is 0 Å². The van der Waals surface area contributed by atoms with Crippen LogP contribution in [-0.2, 0) is 27.2 Å². The number of hydrogen-bond donors (Lipinski definition) is 4. The molecule has 5 rings (SSSR count). The Hall–Kier alpha value is -3.83. The number of carbonyl (C=O) groups excluding carboxylic acids is 1. The first kappa shape index (κ1) is 28.7. The maximum absolute atomic E-state index is 13.8. The number of fused-ring (bicyclic) bond motifs is 1. The number of nitrogens with zero attached hydrogens (tertiary/aromatic N) is 3. The maximum atomic E-state index is 13.8. The molecule has 0 spiro atoms. The van der Waals surface area contributed by atoms with Crippen molar-refractivity contribution >= 4 is 32.8 Å². The van der Waals surface area contributed by atoms with Crippen molar-refractivity contribution in [2.75, 3.05) is 11.9 Å². The molecule has 3 aromatic heterocycles. The van der Waals surface area contributed by atoms with Gasteiger partial charge in [0.25, 0.3) is 0 Å². The minimum atomic E-state index is -4.63. The number of nitrogens with one attached hydrogen (secondary N) is 1. The van der Waals surface area contributed by atoms with Crippen LogP contribution in [0.25, 0.3) is 10.9 Å². The highest BCUT2D eigenvalue weighted by Crippen LogP contribution is 2.33. The third-order valence-corrected chi connectivity index (χ3v) is 7.29. The van der Waals surface area contributed by atoms with Crippen LogP contribution in [0.3, 0.4) is 0 Å². The Morgan fingerprint density at radius 1 is 1.17 bits per heavy atom. The molecular weight excluding hydrogens is 571 g/mol. The van der Waals surface area contributed by atoms with Crippen molar-refractivity contribution in [3.8, 4) is 0 Å². The van der Waals surface area contributed by atoms with Crippen LogP contribution in [0.15, 0.2) is 59.5 Å². The summed E-state index contributed by atoms with van der Waals surface area (Å²) in [5.41, 5.74) is 0.811. The molecule has 4 aromatic rings. The Labute approximate surface area is 230 Å². The van der Waals surface area contributed by atoms with Gasteiger partial charge in [-0.05, 0) is 24.6 Å². The number of ketones is 1. The zero-order valence-electron chi connectivity index (χ0n) is 21.0. The molecule has 1 aliphatic carbocycles. The highest BCUT2D eigenvalue weighted by Gasteiger charge is 2.42. The second-order valence-electron chi connectivity index (χ2n) is 9.57. The number of halogens is 3. The van der Waals surface area contributed by atoms with E-state index in [-0.39, 0.29) is 35.7 Å². The second kappa shape index (κ2) is 10.9. The molecule has 1 aromatic carbocycles. The third-order valence-electron chi connectivity index (χ3n) is 6.83. The summed E-state index contributed by atoms with van der Waals surface area (Å²) in [6, 6.07) is 8.05. The molecule has 0 bridgehead atoms. The summed E-state index contributed by atoms with van der Waals surface area (Å²) in [6.07, 6.45) is -3.31. The minimum absolute atomic E-state index is 0.0266. The van der Waals surface area contributed by atoms with E-state index in [0.717, 1.165) is 6.07 Å². The summed E-state index contributed by atoms with van der Waals surface area (Å²) in [6.45, 7) is -0.529. The smallest absolute Gasteiger partial charge is 0.449 e. The lowest BCUT2D eigenvalue weighted by atomic mass is 10.0. The Kier molecular flexibility index (Phi) is 7.60. The Morgan fingerprint density at radius 3 is 2.63 bits per heavy atom. The number of anilines is 1. The Bertz CT molecular complexity index is 1690. The lowest BCUT2D eigenvalue weighted by Gasteiger charge is -2.19. The maximum Gasteiger partial charge on any atom is 0.449 e. The van der Waals surface area contributed by atoms with Gasteiger partial charge in [0.05, 0.1) is 30.9 Å². The van der Waals surface area contributed by atoms with Crippen molar-refractivity contribution in [1.29, 1.82) is 0 Å². The first-order valence-electron chi connectivity index (χ1n) is 12.2. The van der Waals surface area contributed by atoms with Crippen LogP contribution in [0.4, 0.5) is 19.0 Å². The number of benzene rings is 1. The number of aliphatic hydroxyl groups excluding tert-OH is 2. The molecule has 5 N–H and O–H groups in total. The van der Waals surface area contributed by atoms with E-state index in [1.165, 1.54) is 24.8 Å². The van der Waals surface area contributed by atoms with Crippen molar-refractivity contribution in [3.05, 3.63) is 77.8 Å². The van der Waals surface area contributed by atoms with Crippen molar-refractivity contribution < 1.29 is 45.2 Å². The summed E-state index contributed by atoms with van der Waals surface area (Å²) in [5.74, 6) is -2.33. The van der Waals surface area contributed by atoms with Crippen LogP contribution in [0.1, 0.15) is 33.9 Å². The van der Waals surface area contributed by atoms with E-state index in [4.69, 9.17) is 9.56 Å². The topological polar surface area (TPSA) is 183 Å². The van der Waals surface area contributed by atoms with Gasteiger partial charge < -0.3 is 24.5 Å². The van der Waals surface area contributed by atoms with Gasteiger partial charge in [-0.3, -0.25) is 8.98 Å². The number of aliphatic hydroxyl groups is 2. The van der Waals surface area contributed by atoms with E-state index >= 15 is 0 Å². The van der Waals surface area contributed by atoms with E-state index in [2.05, 4.69) is 19.5 Å². The summed E-state index contributed by atoms with van der Waals surface area (Å²) in [7, 11) is -4.26. The molecule has 41 heavy (non-hydrogen) atoms. The molecule has 1 saturated carbocycles. The first-order valence-corrected chi connectivity index (χ1v) is 13.7. The second-order valence-corrected chi connectivity index (χ2v) is 10.8. The normalized spacial score (nSPS) is 21.4. The largest absolute Gasteiger partial charge is 0.455 e. The van der Waals surface area contributed by atoms with Crippen LogP contribution >= 0.6 is 0 Å². The van der Waals surface area contributed by atoms with Gasteiger partial charge in [-0.1, -0.05) is 18.2 Å². The summed E-state index contributed by atoms with van der Waals surface area (Å²) in [4.78, 5) is 21.8. The van der Waals surface area contributed by atoms with E-state index in [0.29, 0.717) is 10.9 Å². The highest BCUT2D eigenvalue weighted by atomic mass is 32.2. The van der Waals surface area contributed by atoms with Gasteiger partial charge in [0.15, 0.2) is 5.78 Å². The lowest BCUT2D eigenvalue weighted by Crippen LogP contribution is -2.36. The number of furan rings is 1. The van der Waals surface area contributed by atoms with Gasteiger partial charge in [0.1, 0.15) is 24.0 Å². The van der Waals surface area contributed by atoms with Crippen LogP contribution < -0.4 is 10.5 Å². The van der Waals surface area contributed by atoms with Crippen LogP contribution in [0, 0.1) is 5.92 Å². The SMILES string of the molecule is NS(=O)(=O)OC[C@H]1C[C@@H](Nc2ncncc2C(=O)c2cn(Cc3ccc(C(F)(F)F)o3)c3ccccc23)[C@H](O)[C@@H]1O. The predicted octanol–water partition coefficient (Wildman–Crippen LogP) is 2.06.